The van der Waals surface area contributed by atoms with Crippen LogP contribution in [-0.4, -0.2) is 9.55 Å². The maximum Gasteiger partial charge on any atom is 0.109 e. The van der Waals surface area contributed by atoms with E-state index in [0.29, 0.717) is 0 Å². The lowest BCUT2D eigenvalue weighted by Gasteiger charge is -2.11. The smallest absolute Gasteiger partial charge is 0.109 e. The van der Waals surface area contributed by atoms with E-state index in [4.69, 9.17) is 4.98 Å². The summed E-state index contributed by atoms with van der Waals surface area (Å²) in [4.78, 5) is 4.81. The van der Waals surface area contributed by atoms with E-state index >= 15 is 0 Å². The number of rotatable bonds is 2. The van der Waals surface area contributed by atoms with E-state index in [9.17, 15) is 0 Å². The van der Waals surface area contributed by atoms with Crippen LogP contribution in [0.4, 0.5) is 0 Å². The van der Waals surface area contributed by atoms with Crippen molar-refractivity contribution in [3.8, 4) is 22.4 Å². The van der Waals surface area contributed by atoms with Gasteiger partial charge in [0, 0.05) is 24.7 Å². The second-order valence-corrected chi connectivity index (χ2v) is 6.57. The summed E-state index contributed by atoms with van der Waals surface area (Å²) in [5, 5.41) is 0. The number of aryl methyl sites for hydroxylation is 4. The van der Waals surface area contributed by atoms with E-state index in [1.165, 1.54) is 46.5 Å². The molecule has 0 N–H and O–H groups in total. The zero-order valence-electron chi connectivity index (χ0n) is 13.8. The monoisotopic (exact) mass is 302 g/mol. The molecule has 0 saturated heterocycles. The zero-order chi connectivity index (χ0) is 15.8. The predicted octanol–water partition coefficient (Wildman–Crippen LogP) is 5.17. The predicted molar refractivity (Wildman–Crippen MR) is 95.5 cm³/mol. The Morgan fingerprint density at radius 2 is 1.57 bits per heavy atom. The van der Waals surface area contributed by atoms with Crippen LogP contribution in [0.2, 0.25) is 0 Å². The number of fused-ring (bicyclic) bond motifs is 1. The van der Waals surface area contributed by atoms with Crippen molar-refractivity contribution >= 4 is 0 Å². The first-order chi connectivity index (χ1) is 11.2. The Bertz CT molecular complexity index is 817. The minimum Gasteiger partial charge on any atom is -0.334 e. The van der Waals surface area contributed by atoms with Gasteiger partial charge in [0.05, 0.1) is 5.69 Å². The topological polar surface area (TPSA) is 17.8 Å². The molecule has 1 aromatic heterocycles. The number of hydrogen-bond donors (Lipinski definition) is 0. The van der Waals surface area contributed by atoms with Gasteiger partial charge in [-0.1, -0.05) is 42.5 Å². The number of nitrogens with zero attached hydrogens (tertiary/aromatic N) is 2. The highest BCUT2D eigenvalue weighted by atomic mass is 15.1. The van der Waals surface area contributed by atoms with Gasteiger partial charge >= 0.3 is 0 Å². The normalized spacial score (nSPS) is 13.8. The molecule has 1 aliphatic rings. The van der Waals surface area contributed by atoms with Crippen LogP contribution in [0.3, 0.4) is 0 Å². The van der Waals surface area contributed by atoms with Crippen LogP contribution in [0.15, 0.2) is 48.7 Å². The number of imidazole rings is 1. The lowest BCUT2D eigenvalue weighted by molar-refractivity contribution is 0.522. The van der Waals surface area contributed by atoms with Gasteiger partial charge in [0.1, 0.15) is 5.82 Å². The molecule has 116 valence electrons. The van der Waals surface area contributed by atoms with E-state index in [-0.39, 0.29) is 0 Å². The van der Waals surface area contributed by atoms with Crippen molar-refractivity contribution in [3.63, 3.8) is 0 Å². The fourth-order valence-corrected chi connectivity index (χ4v) is 3.31. The summed E-state index contributed by atoms with van der Waals surface area (Å²) in [5.41, 5.74) is 7.54. The summed E-state index contributed by atoms with van der Waals surface area (Å²) in [6.07, 6.45) is 5.86. The molecule has 0 aliphatic carbocycles. The molecule has 0 unspecified atom stereocenters. The van der Waals surface area contributed by atoms with Crippen molar-refractivity contribution in [3.05, 3.63) is 65.6 Å². The van der Waals surface area contributed by atoms with Crippen LogP contribution in [-0.2, 0) is 13.0 Å². The SMILES string of the molecule is Cc1ccc(-c2ccc(-c3cn4c(n3)CCCC4)cc2)cc1C. The molecule has 0 saturated carbocycles. The molecule has 0 bridgehead atoms. The first kappa shape index (κ1) is 14.3. The molecule has 2 heteroatoms. The third-order valence-electron chi connectivity index (χ3n) is 4.93. The van der Waals surface area contributed by atoms with Gasteiger partial charge in [-0.25, -0.2) is 4.98 Å². The molecule has 3 aromatic rings. The Morgan fingerprint density at radius 1 is 0.826 bits per heavy atom. The van der Waals surface area contributed by atoms with Crippen molar-refractivity contribution < 1.29 is 0 Å². The van der Waals surface area contributed by atoms with Crippen LogP contribution in [0.5, 0.6) is 0 Å². The van der Waals surface area contributed by atoms with Crippen LogP contribution in [0.1, 0.15) is 29.8 Å². The Hall–Kier alpha value is -2.35. The van der Waals surface area contributed by atoms with E-state index < -0.39 is 0 Å². The molecule has 0 spiro atoms. The van der Waals surface area contributed by atoms with E-state index in [1.807, 2.05) is 0 Å². The lowest BCUT2D eigenvalue weighted by atomic mass is 9.99. The van der Waals surface area contributed by atoms with Gasteiger partial charge in [-0.2, -0.15) is 0 Å². The summed E-state index contributed by atoms with van der Waals surface area (Å²) in [6.45, 7) is 5.44. The molecule has 2 nitrogen and oxygen atoms in total. The molecule has 2 aromatic carbocycles. The minimum absolute atomic E-state index is 1.11. The van der Waals surface area contributed by atoms with Crippen molar-refractivity contribution in [2.75, 3.05) is 0 Å². The van der Waals surface area contributed by atoms with Gasteiger partial charge < -0.3 is 4.57 Å². The van der Waals surface area contributed by atoms with Gasteiger partial charge in [0.15, 0.2) is 0 Å². The molecule has 0 fully saturated rings. The first-order valence-corrected chi connectivity index (χ1v) is 8.45. The summed E-state index contributed by atoms with van der Waals surface area (Å²) < 4.78 is 2.32. The quantitative estimate of drug-likeness (QED) is 0.638. The summed E-state index contributed by atoms with van der Waals surface area (Å²) in [7, 11) is 0. The van der Waals surface area contributed by atoms with Crippen molar-refractivity contribution in [2.45, 2.75) is 39.7 Å². The van der Waals surface area contributed by atoms with Crippen LogP contribution in [0.25, 0.3) is 22.4 Å². The average molecular weight is 302 g/mol. The summed E-state index contributed by atoms with van der Waals surface area (Å²) >= 11 is 0. The Morgan fingerprint density at radius 3 is 2.30 bits per heavy atom. The number of benzene rings is 2. The molecule has 0 atom stereocenters. The highest BCUT2D eigenvalue weighted by Crippen LogP contribution is 2.27. The van der Waals surface area contributed by atoms with Gasteiger partial charge in [-0.05, 0) is 48.9 Å². The standard InChI is InChI=1S/C21H22N2/c1-15-6-7-19(13-16(15)2)17-8-10-18(11-9-17)20-14-23-12-4-3-5-21(23)22-20/h6-11,13-14H,3-5,12H2,1-2H3. The summed E-state index contributed by atoms with van der Waals surface area (Å²) in [6, 6.07) is 15.5. The molecule has 4 rings (SSSR count). The molecule has 1 aliphatic heterocycles. The maximum atomic E-state index is 4.81. The Kier molecular flexibility index (Phi) is 3.53. The molecule has 0 radical (unpaired) electrons. The van der Waals surface area contributed by atoms with E-state index in [1.54, 1.807) is 0 Å². The molecular weight excluding hydrogens is 280 g/mol. The largest absolute Gasteiger partial charge is 0.334 e. The van der Waals surface area contributed by atoms with Gasteiger partial charge in [-0.3, -0.25) is 0 Å². The second-order valence-electron chi connectivity index (χ2n) is 6.57. The van der Waals surface area contributed by atoms with Crippen molar-refractivity contribution in [1.29, 1.82) is 0 Å². The van der Waals surface area contributed by atoms with Gasteiger partial charge in [0.2, 0.25) is 0 Å². The average Bonchev–Trinajstić information content (AvgIpc) is 3.02. The highest BCUT2D eigenvalue weighted by Gasteiger charge is 2.13. The van der Waals surface area contributed by atoms with Gasteiger partial charge in [0.25, 0.3) is 0 Å². The molecule has 2 heterocycles. The Labute approximate surface area is 137 Å². The van der Waals surface area contributed by atoms with Gasteiger partial charge in [-0.15, -0.1) is 0 Å². The van der Waals surface area contributed by atoms with Crippen molar-refractivity contribution in [1.82, 2.24) is 9.55 Å². The third-order valence-corrected chi connectivity index (χ3v) is 4.93. The number of hydrogen-bond acceptors (Lipinski definition) is 1. The fourth-order valence-electron chi connectivity index (χ4n) is 3.31. The maximum absolute atomic E-state index is 4.81. The molecule has 0 amide bonds. The molecule has 23 heavy (non-hydrogen) atoms. The lowest BCUT2D eigenvalue weighted by Crippen LogP contribution is -2.08. The number of aromatic nitrogens is 2. The Balaban J connectivity index is 1.65. The molecular formula is C21H22N2. The fraction of sp³-hybridized carbons (Fsp3) is 0.286. The van der Waals surface area contributed by atoms with E-state index in [0.717, 1.165) is 18.7 Å². The zero-order valence-corrected chi connectivity index (χ0v) is 13.8. The minimum atomic E-state index is 1.11. The van der Waals surface area contributed by atoms with E-state index in [2.05, 4.69) is 67.1 Å². The highest BCUT2D eigenvalue weighted by molar-refractivity contribution is 5.69. The van der Waals surface area contributed by atoms with Crippen LogP contribution in [0, 0.1) is 13.8 Å². The van der Waals surface area contributed by atoms with Crippen molar-refractivity contribution in [2.24, 2.45) is 0 Å². The van der Waals surface area contributed by atoms with Crippen LogP contribution < -0.4 is 0 Å². The first-order valence-electron chi connectivity index (χ1n) is 8.45. The summed E-state index contributed by atoms with van der Waals surface area (Å²) in [5.74, 6) is 1.24. The third kappa shape index (κ3) is 2.70. The second kappa shape index (κ2) is 5.69. The van der Waals surface area contributed by atoms with Crippen LogP contribution >= 0.6 is 0 Å².